The van der Waals surface area contributed by atoms with Gasteiger partial charge in [-0.25, -0.2) is 4.98 Å². The van der Waals surface area contributed by atoms with Crippen LogP contribution in [-0.2, 0) is 11.8 Å². The van der Waals surface area contributed by atoms with E-state index < -0.39 is 0 Å². The van der Waals surface area contributed by atoms with Gasteiger partial charge in [0.15, 0.2) is 5.69 Å². The summed E-state index contributed by atoms with van der Waals surface area (Å²) in [4.78, 5) is 4.43. The Kier molecular flexibility index (Phi) is 3.44. The first-order valence-corrected chi connectivity index (χ1v) is 8.69. The smallest absolute Gasteiger partial charge is 0.269 e. The lowest BCUT2D eigenvalue weighted by molar-refractivity contribution is -0.0156. The van der Waals surface area contributed by atoms with Gasteiger partial charge in [-0.15, -0.1) is 10.2 Å². The summed E-state index contributed by atoms with van der Waals surface area (Å²) in [6.07, 6.45) is 7.71. The fourth-order valence-electron chi connectivity index (χ4n) is 3.38. The average molecular weight is 341 g/mol. The largest absolute Gasteiger partial charge is 0.419 e. The van der Waals surface area contributed by atoms with E-state index in [1.807, 2.05) is 23.9 Å². The number of imidazole rings is 1. The third-order valence-electron chi connectivity index (χ3n) is 4.92. The number of hydrogen-bond donors (Lipinski definition) is 0. The normalized spacial score (nSPS) is 23.9. The molecule has 0 aromatic carbocycles. The first-order valence-electron chi connectivity index (χ1n) is 8.69. The molecule has 2 aliphatic rings. The number of aromatic nitrogens is 5. The minimum atomic E-state index is -0.179. The molecule has 0 spiro atoms. The third kappa shape index (κ3) is 2.66. The second-order valence-corrected chi connectivity index (χ2v) is 6.77. The summed E-state index contributed by atoms with van der Waals surface area (Å²) < 4.78 is 19.3. The molecule has 0 bridgehead atoms. The molecule has 1 saturated heterocycles. The molecule has 130 valence electrons. The lowest BCUT2D eigenvalue weighted by Gasteiger charge is -2.28. The molecule has 5 rings (SSSR count). The van der Waals surface area contributed by atoms with Gasteiger partial charge in [-0.3, -0.25) is 0 Å². The number of nitrogens with zero attached hydrogens (tertiary/aromatic N) is 5. The Bertz CT molecular complexity index is 878. The van der Waals surface area contributed by atoms with Gasteiger partial charge in [0.05, 0.1) is 5.92 Å². The van der Waals surface area contributed by atoms with Crippen LogP contribution in [0.25, 0.3) is 11.6 Å². The summed E-state index contributed by atoms with van der Waals surface area (Å²) in [5.41, 5.74) is 0.603. The predicted molar refractivity (Wildman–Crippen MR) is 85.6 cm³/mol. The van der Waals surface area contributed by atoms with Crippen molar-refractivity contribution >= 4 is 0 Å². The standard InChI is InChI=1S/C17H19N5O3/c1-22-7-6-18-15(22)14-11(3-2-8-23-14)16-19-20-17(24-16)12-9-13(25-21-12)10-4-5-10/h6-7,9-11,14H,2-5,8H2,1H3/t11-,14-/m1/s1. The van der Waals surface area contributed by atoms with Crippen molar-refractivity contribution < 1.29 is 13.7 Å². The molecule has 4 heterocycles. The van der Waals surface area contributed by atoms with Crippen molar-refractivity contribution in [1.82, 2.24) is 24.9 Å². The summed E-state index contributed by atoms with van der Waals surface area (Å²) in [5.74, 6) is 3.24. The lowest BCUT2D eigenvalue weighted by atomic mass is 9.93. The molecule has 8 heteroatoms. The van der Waals surface area contributed by atoms with E-state index in [1.165, 1.54) is 0 Å². The zero-order valence-electron chi connectivity index (χ0n) is 14.0. The molecule has 8 nitrogen and oxygen atoms in total. The Hall–Kier alpha value is -2.48. The Balaban J connectivity index is 1.43. The zero-order chi connectivity index (χ0) is 16.8. The zero-order valence-corrected chi connectivity index (χ0v) is 14.0. The van der Waals surface area contributed by atoms with Gasteiger partial charge in [0.1, 0.15) is 17.7 Å². The highest BCUT2D eigenvalue weighted by atomic mass is 16.5. The molecule has 25 heavy (non-hydrogen) atoms. The number of rotatable bonds is 4. The van der Waals surface area contributed by atoms with Gasteiger partial charge in [0, 0.05) is 38.0 Å². The highest BCUT2D eigenvalue weighted by Gasteiger charge is 2.36. The fourth-order valence-corrected chi connectivity index (χ4v) is 3.38. The van der Waals surface area contributed by atoms with Crippen LogP contribution in [0.2, 0.25) is 0 Å². The van der Waals surface area contributed by atoms with E-state index in [-0.39, 0.29) is 12.0 Å². The van der Waals surface area contributed by atoms with Crippen molar-refractivity contribution in [3.8, 4) is 11.6 Å². The number of hydrogen-bond acceptors (Lipinski definition) is 7. The van der Waals surface area contributed by atoms with E-state index in [2.05, 4.69) is 20.3 Å². The molecule has 3 aromatic heterocycles. The van der Waals surface area contributed by atoms with Crippen LogP contribution < -0.4 is 0 Å². The van der Waals surface area contributed by atoms with Crippen molar-refractivity contribution in [3.63, 3.8) is 0 Å². The van der Waals surface area contributed by atoms with Crippen molar-refractivity contribution in [2.24, 2.45) is 7.05 Å². The topological polar surface area (TPSA) is 92.0 Å². The molecule has 2 atom stereocenters. The van der Waals surface area contributed by atoms with Crippen LogP contribution in [0.15, 0.2) is 27.4 Å². The van der Waals surface area contributed by atoms with Crippen LogP contribution in [-0.4, -0.2) is 31.5 Å². The van der Waals surface area contributed by atoms with E-state index in [1.54, 1.807) is 6.20 Å². The fraction of sp³-hybridized carbons (Fsp3) is 0.529. The molecule has 3 aromatic rings. The number of aryl methyl sites for hydroxylation is 1. The first-order chi connectivity index (χ1) is 12.3. The summed E-state index contributed by atoms with van der Waals surface area (Å²) in [6.45, 7) is 0.711. The number of ether oxygens (including phenoxy) is 1. The molecular formula is C17H19N5O3. The van der Waals surface area contributed by atoms with Crippen LogP contribution in [0.1, 0.15) is 61.1 Å². The van der Waals surface area contributed by atoms with Gasteiger partial charge in [-0.05, 0) is 25.7 Å². The molecule has 1 aliphatic heterocycles. The van der Waals surface area contributed by atoms with Crippen molar-refractivity contribution in [3.05, 3.63) is 35.9 Å². The molecule has 0 amide bonds. The summed E-state index contributed by atoms with van der Waals surface area (Å²) in [6, 6.07) is 1.91. The van der Waals surface area contributed by atoms with Gasteiger partial charge in [-0.1, -0.05) is 5.16 Å². The van der Waals surface area contributed by atoms with Crippen LogP contribution in [0.3, 0.4) is 0 Å². The Labute approximate surface area is 144 Å². The van der Waals surface area contributed by atoms with E-state index in [9.17, 15) is 0 Å². The predicted octanol–water partition coefficient (Wildman–Crippen LogP) is 2.97. The maximum atomic E-state index is 5.98. The van der Waals surface area contributed by atoms with Crippen LogP contribution in [0.5, 0.6) is 0 Å². The molecule has 0 N–H and O–H groups in total. The summed E-state index contributed by atoms with van der Waals surface area (Å²) >= 11 is 0. The van der Waals surface area contributed by atoms with Crippen molar-refractivity contribution in [2.75, 3.05) is 6.61 Å². The van der Waals surface area contributed by atoms with E-state index in [0.29, 0.717) is 30.0 Å². The average Bonchev–Trinajstić information content (AvgIpc) is 3.04. The van der Waals surface area contributed by atoms with Gasteiger partial charge < -0.3 is 18.2 Å². The van der Waals surface area contributed by atoms with Gasteiger partial charge in [-0.2, -0.15) is 0 Å². The first kappa shape index (κ1) is 14.8. The third-order valence-corrected chi connectivity index (χ3v) is 4.92. The SMILES string of the molecule is Cn1ccnc1[C@@H]1OCCC[C@H]1c1nnc(-c2cc(C3CC3)on2)o1. The molecule has 0 unspecified atom stereocenters. The van der Waals surface area contributed by atoms with Gasteiger partial charge in [0.25, 0.3) is 5.89 Å². The maximum absolute atomic E-state index is 5.98. The lowest BCUT2D eigenvalue weighted by Crippen LogP contribution is -2.23. The highest BCUT2D eigenvalue weighted by molar-refractivity contribution is 5.46. The highest BCUT2D eigenvalue weighted by Crippen LogP contribution is 2.42. The van der Waals surface area contributed by atoms with E-state index in [4.69, 9.17) is 13.7 Å². The Morgan fingerprint density at radius 3 is 2.92 bits per heavy atom. The monoisotopic (exact) mass is 341 g/mol. The van der Waals surface area contributed by atoms with E-state index >= 15 is 0 Å². The molecule has 1 aliphatic carbocycles. The summed E-state index contributed by atoms with van der Waals surface area (Å²) in [5, 5.41) is 12.5. The molecule has 2 fully saturated rings. The second-order valence-electron chi connectivity index (χ2n) is 6.77. The summed E-state index contributed by atoms with van der Waals surface area (Å²) in [7, 11) is 1.96. The Morgan fingerprint density at radius 2 is 2.12 bits per heavy atom. The molecule has 1 saturated carbocycles. The van der Waals surface area contributed by atoms with E-state index in [0.717, 1.165) is 37.3 Å². The quantitative estimate of drug-likeness (QED) is 0.720. The van der Waals surface area contributed by atoms with Gasteiger partial charge in [0.2, 0.25) is 5.89 Å². The Morgan fingerprint density at radius 1 is 1.20 bits per heavy atom. The van der Waals surface area contributed by atoms with Crippen molar-refractivity contribution in [1.29, 1.82) is 0 Å². The van der Waals surface area contributed by atoms with Crippen LogP contribution in [0.4, 0.5) is 0 Å². The van der Waals surface area contributed by atoms with Gasteiger partial charge >= 0.3 is 0 Å². The minimum Gasteiger partial charge on any atom is -0.419 e. The van der Waals surface area contributed by atoms with Crippen molar-refractivity contribution in [2.45, 2.75) is 43.6 Å². The van der Waals surface area contributed by atoms with Crippen LogP contribution >= 0.6 is 0 Å². The minimum absolute atomic E-state index is 0.00842. The van der Waals surface area contributed by atoms with Crippen LogP contribution in [0, 0.1) is 0 Å². The maximum Gasteiger partial charge on any atom is 0.269 e. The molecular weight excluding hydrogens is 322 g/mol. The second kappa shape index (κ2) is 5.80. The molecule has 0 radical (unpaired) electrons.